The number of likely N-dealkylation sites (N-methyl/N-ethyl adjacent to an activating group) is 2. The Hall–Kier alpha value is -4.42. The molecular weight excluding hydrogens is 570 g/mol. The van der Waals surface area contributed by atoms with Gasteiger partial charge in [-0.2, -0.15) is 15.0 Å². The number of H-pyrrole nitrogens is 1. The summed E-state index contributed by atoms with van der Waals surface area (Å²) in [4.78, 5) is 43.9. The van der Waals surface area contributed by atoms with E-state index in [0.717, 1.165) is 85.8 Å². The number of fused-ring (bicyclic) bond motifs is 3. The van der Waals surface area contributed by atoms with Crippen LogP contribution in [-0.2, 0) is 16.0 Å². The minimum atomic E-state index is -0.656. The lowest BCUT2D eigenvalue weighted by Crippen LogP contribution is -2.51. The van der Waals surface area contributed by atoms with Crippen LogP contribution in [0.4, 0.5) is 17.8 Å². The van der Waals surface area contributed by atoms with Gasteiger partial charge in [0, 0.05) is 75.4 Å². The maximum atomic E-state index is 13.7. The highest BCUT2D eigenvalue weighted by Crippen LogP contribution is 2.43. The molecule has 3 aliphatic rings. The number of aromatic nitrogens is 4. The Morgan fingerprint density at radius 2 is 1.36 bits per heavy atom. The molecule has 2 aromatic carbocycles. The Balaban J connectivity index is 1.42. The van der Waals surface area contributed by atoms with Crippen LogP contribution in [0.5, 0.6) is 5.75 Å². The van der Waals surface area contributed by atoms with Gasteiger partial charge in [-0.15, -0.1) is 0 Å². The summed E-state index contributed by atoms with van der Waals surface area (Å²) in [6.07, 6.45) is 0.456. The van der Waals surface area contributed by atoms with Crippen LogP contribution in [0.25, 0.3) is 10.9 Å². The van der Waals surface area contributed by atoms with Gasteiger partial charge in [0.2, 0.25) is 17.8 Å². The van der Waals surface area contributed by atoms with Gasteiger partial charge in [-0.25, -0.2) is 4.79 Å². The van der Waals surface area contributed by atoms with Crippen molar-refractivity contribution < 1.29 is 14.3 Å². The highest BCUT2D eigenvalue weighted by molar-refractivity contribution is 5.89. The Labute approximate surface area is 263 Å². The minimum Gasteiger partial charge on any atom is -0.497 e. The highest BCUT2D eigenvalue weighted by atomic mass is 16.5. The third kappa shape index (κ3) is 5.53. The van der Waals surface area contributed by atoms with E-state index in [0.29, 0.717) is 24.3 Å². The number of benzene rings is 2. The van der Waals surface area contributed by atoms with Crippen molar-refractivity contribution in [3.8, 4) is 5.75 Å². The van der Waals surface area contributed by atoms with Gasteiger partial charge in [-0.1, -0.05) is 30.3 Å². The molecule has 7 rings (SSSR count). The maximum absolute atomic E-state index is 13.7. The Kier molecular flexibility index (Phi) is 7.92. The van der Waals surface area contributed by atoms with Crippen LogP contribution in [0.2, 0.25) is 0 Å². The van der Waals surface area contributed by atoms with Gasteiger partial charge in [0.05, 0.1) is 20.3 Å². The molecular formula is C33H41N9O3. The van der Waals surface area contributed by atoms with Gasteiger partial charge in [0.25, 0.3) is 0 Å². The number of esters is 1. The Morgan fingerprint density at radius 3 is 1.93 bits per heavy atom. The zero-order valence-corrected chi connectivity index (χ0v) is 26.4. The maximum Gasteiger partial charge on any atom is 0.328 e. The predicted octanol–water partition coefficient (Wildman–Crippen LogP) is 2.56. The van der Waals surface area contributed by atoms with E-state index in [1.54, 1.807) is 7.11 Å². The van der Waals surface area contributed by atoms with Gasteiger partial charge < -0.3 is 39.0 Å². The predicted molar refractivity (Wildman–Crippen MR) is 174 cm³/mol. The number of nitrogens with one attached hydrogen (secondary N) is 1. The monoisotopic (exact) mass is 611 g/mol. The number of piperazine rings is 2. The van der Waals surface area contributed by atoms with E-state index in [2.05, 4.69) is 62.9 Å². The molecule has 4 aromatic rings. The first-order valence-corrected chi connectivity index (χ1v) is 15.7. The molecule has 0 amide bonds. The van der Waals surface area contributed by atoms with Crippen molar-refractivity contribution in [2.75, 3.05) is 95.4 Å². The number of methoxy groups -OCH3 is 2. The van der Waals surface area contributed by atoms with Gasteiger partial charge in [-0.05, 0) is 43.4 Å². The molecule has 5 heterocycles. The van der Waals surface area contributed by atoms with Gasteiger partial charge in [-0.3, -0.25) is 0 Å². The van der Waals surface area contributed by atoms with Crippen molar-refractivity contribution in [2.24, 2.45) is 0 Å². The molecule has 2 saturated heterocycles. The third-order valence-corrected chi connectivity index (χ3v) is 9.44. The van der Waals surface area contributed by atoms with Crippen LogP contribution < -0.4 is 19.4 Å². The van der Waals surface area contributed by atoms with Crippen molar-refractivity contribution in [1.29, 1.82) is 0 Å². The summed E-state index contributed by atoms with van der Waals surface area (Å²) < 4.78 is 11.0. The summed E-state index contributed by atoms with van der Waals surface area (Å²) in [6, 6.07) is 15.2. The third-order valence-electron chi connectivity index (χ3n) is 9.44. The van der Waals surface area contributed by atoms with Crippen LogP contribution >= 0.6 is 0 Å². The molecule has 0 unspecified atom stereocenters. The smallest absolute Gasteiger partial charge is 0.328 e. The van der Waals surface area contributed by atoms with Crippen LogP contribution in [0.15, 0.2) is 48.5 Å². The molecule has 0 aliphatic carbocycles. The minimum absolute atomic E-state index is 0.327. The fourth-order valence-electron chi connectivity index (χ4n) is 6.74. The van der Waals surface area contributed by atoms with E-state index >= 15 is 0 Å². The second-order valence-electron chi connectivity index (χ2n) is 12.2. The van der Waals surface area contributed by atoms with Crippen molar-refractivity contribution in [1.82, 2.24) is 29.7 Å². The standard InChI is InChI=1S/C33H41N9O3/c1-38-13-17-40(18-14-38)31-35-32(41-19-15-39(2)16-20-41)37-33(36-31)42-27(30(43)45-4)21-25-24-7-5-6-8-26(24)34-28(25)29(42)22-9-11-23(44-3)12-10-22/h5-12,27,29,34H,13-21H2,1-4H3/t27-,29-/m0/s1. The fourth-order valence-corrected chi connectivity index (χ4v) is 6.74. The van der Waals surface area contributed by atoms with E-state index in [1.807, 2.05) is 29.2 Å². The van der Waals surface area contributed by atoms with Crippen molar-refractivity contribution in [3.63, 3.8) is 0 Å². The van der Waals surface area contributed by atoms with Crippen molar-refractivity contribution in [3.05, 3.63) is 65.4 Å². The topological polar surface area (TPSA) is 106 Å². The van der Waals surface area contributed by atoms with Crippen LogP contribution in [0, 0.1) is 0 Å². The molecule has 2 fully saturated rings. The first-order valence-electron chi connectivity index (χ1n) is 15.7. The molecule has 2 atom stereocenters. The molecule has 0 bridgehead atoms. The van der Waals surface area contributed by atoms with Crippen molar-refractivity contribution in [2.45, 2.75) is 18.5 Å². The summed E-state index contributed by atoms with van der Waals surface area (Å²) in [7, 11) is 7.39. The summed E-state index contributed by atoms with van der Waals surface area (Å²) in [5.74, 6) is 2.18. The highest BCUT2D eigenvalue weighted by Gasteiger charge is 2.44. The van der Waals surface area contributed by atoms with E-state index in [1.165, 1.54) is 7.11 Å². The van der Waals surface area contributed by atoms with Crippen LogP contribution in [-0.4, -0.2) is 122 Å². The van der Waals surface area contributed by atoms with Crippen molar-refractivity contribution >= 4 is 34.7 Å². The van der Waals surface area contributed by atoms with E-state index < -0.39 is 6.04 Å². The number of hydrogen-bond acceptors (Lipinski definition) is 11. The number of ether oxygens (including phenoxy) is 2. The number of carbonyl (C=O) groups excluding carboxylic acids is 1. The van der Waals surface area contributed by atoms with Crippen LogP contribution in [0.1, 0.15) is 22.9 Å². The molecule has 1 N–H and O–H groups in total. The van der Waals surface area contributed by atoms with E-state index in [9.17, 15) is 4.79 Å². The zero-order valence-electron chi connectivity index (χ0n) is 26.4. The molecule has 12 heteroatoms. The number of aromatic amines is 1. The van der Waals surface area contributed by atoms with Gasteiger partial charge >= 0.3 is 5.97 Å². The zero-order chi connectivity index (χ0) is 31.1. The number of anilines is 3. The second-order valence-corrected chi connectivity index (χ2v) is 12.2. The number of para-hydroxylation sites is 1. The summed E-state index contributed by atoms with van der Waals surface area (Å²) in [5.41, 5.74) is 4.13. The molecule has 12 nitrogen and oxygen atoms in total. The Morgan fingerprint density at radius 1 is 0.778 bits per heavy atom. The number of rotatable bonds is 6. The second kappa shape index (κ2) is 12.2. The molecule has 0 spiro atoms. The molecule has 0 saturated carbocycles. The first kappa shape index (κ1) is 29.3. The average molecular weight is 612 g/mol. The SMILES string of the molecule is COC(=O)[C@@H]1Cc2c([nH]c3ccccc23)[C@H](c2ccc(OC)cc2)N1c1nc(N2CCN(C)CC2)nc(N2CCN(C)CC2)n1. The normalized spacial score (nSPS) is 21.2. The van der Waals surface area contributed by atoms with E-state index in [-0.39, 0.29) is 12.0 Å². The Bertz CT molecular complexity index is 1620. The fraction of sp³-hybridized carbons (Fsp3) is 0.455. The van der Waals surface area contributed by atoms with Gasteiger partial charge in [0.15, 0.2) is 0 Å². The quantitative estimate of drug-likeness (QED) is 0.325. The average Bonchev–Trinajstić information content (AvgIpc) is 3.46. The molecule has 0 radical (unpaired) electrons. The summed E-state index contributed by atoms with van der Waals surface area (Å²) >= 11 is 0. The van der Waals surface area contributed by atoms with Crippen LogP contribution in [0.3, 0.4) is 0 Å². The van der Waals surface area contributed by atoms with Gasteiger partial charge in [0.1, 0.15) is 11.8 Å². The largest absolute Gasteiger partial charge is 0.497 e. The number of nitrogens with zero attached hydrogens (tertiary/aromatic N) is 8. The summed E-state index contributed by atoms with van der Waals surface area (Å²) in [6.45, 7) is 6.96. The number of hydrogen-bond donors (Lipinski definition) is 1. The lowest BCUT2D eigenvalue weighted by Gasteiger charge is -2.42. The summed E-state index contributed by atoms with van der Waals surface area (Å²) in [5, 5.41) is 1.10. The lowest BCUT2D eigenvalue weighted by atomic mass is 9.88. The molecule has 45 heavy (non-hydrogen) atoms. The molecule has 2 aromatic heterocycles. The first-order chi connectivity index (χ1) is 21.9. The molecule has 3 aliphatic heterocycles. The number of carbonyl (C=O) groups is 1. The van der Waals surface area contributed by atoms with E-state index in [4.69, 9.17) is 24.4 Å². The lowest BCUT2D eigenvalue weighted by molar-refractivity contribution is -0.142. The molecule has 236 valence electrons.